The maximum absolute atomic E-state index is 12.7. The third-order valence-corrected chi connectivity index (χ3v) is 6.26. The molecule has 0 saturated carbocycles. The van der Waals surface area contributed by atoms with Crippen LogP contribution in [0.3, 0.4) is 0 Å². The number of rotatable bonds is 3. The topological polar surface area (TPSA) is 61.3 Å². The van der Waals surface area contributed by atoms with Crippen LogP contribution >= 0.6 is 15.9 Å². The molecule has 0 atom stereocenters. The molecule has 0 fully saturated rings. The van der Waals surface area contributed by atoms with E-state index in [9.17, 15) is 9.59 Å². The van der Waals surface area contributed by atoms with Crippen molar-refractivity contribution in [1.29, 1.82) is 0 Å². The summed E-state index contributed by atoms with van der Waals surface area (Å²) in [6, 6.07) is 23.3. The van der Waals surface area contributed by atoms with Crippen LogP contribution in [0.1, 0.15) is 0 Å². The minimum absolute atomic E-state index is 0.00379. The molecule has 0 amide bonds. The lowest BCUT2D eigenvalue weighted by molar-refractivity contribution is 1.01. The van der Waals surface area contributed by atoms with Gasteiger partial charge in [-0.15, -0.1) is 0 Å². The molecule has 0 aliphatic heterocycles. The maximum atomic E-state index is 12.7. The molecule has 3 aromatic carbocycles. The van der Waals surface area contributed by atoms with E-state index in [2.05, 4.69) is 20.9 Å². The van der Waals surface area contributed by atoms with Crippen molar-refractivity contribution in [1.82, 2.24) is 9.55 Å². The number of pyridine rings is 2. The first-order chi connectivity index (χ1) is 16.7. The summed E-state index contributed by atoms with van der Waals surface area (Å²) < 4.78 is 2.62. The maximum Gasteiger partial charge on any atom is 0.262 e. The predicted octanol–water partition coefficient (Wildman–Crippen LogP) is 5.41. The second-order valence-electron chi connectivity index (χ2n) is 8.61. The predicted molar refractivity (Wildman–Crippen MR) is 150 cm³/mol. The summed E-state index contributed by atoms with van der Waals surface area (Å²) in [6.45, 7) is 0. The lowest BCUT2D eigenvalue weighted by Crippen LogP contribution is -2.18. The smallest absolute Gasteiger partial charge is 0.262 e. The minimum atomic E-state index is -0.0344. The molecule has 178 valence electrons. The highest BCUT2D eigenvalue weighted by molar-refractivity contribution is 9.10. The zero-order valence-electron chi connectivity index (χ0n) is 20.1. The van der Waals surface area contributed by atoms with E-state index in [-0.39, 0.29) is 11.1 Å². The fourth-order valence-corrected chi connectivity index (χ4v) is 4.19. The quantitative estimate of drug-likeness (QED) is 0.338. The highest BCUT2D eigenvalue weighted by Gasteiger charge is 2.06. The molecule has 0 radical (unpaired) electrons. The van der Waals surface area contributed by atoms with Crippen LogP contribution in [0.25, 0.3) is 27.2 Å². The number of aromatic nitrogens is 2. The number of nitrogens with zero attached hydrogens (tertiary/aromatic N) is 3. The minimum Gasteiger partial charge on any atom is -0.378 e. The van der Waals surface area contributed by atoms with Crippen LogP contribution in [0, 0.1) is 0 Å². The van der Waals surface area contributed by atoms with Crippen molar-refractivity contribution >= 4 is 48.8 Å². The lowest BCUT2D eigenvalue weighted by Gasteiger charge is -2.13. The summed E-state index contributed by atoms with van der Waals surface area (Å²) in [5, 5.41) is 3.39. The van der Waals surface area contributed by atoms with Crippen molar-refractivity contribution in [2.45, 2.75) is 0 Å². The molecule has 0 unspecified atom stereocenters. The molecule has 5 rings (SSSR count). The lowest BCUT2D eigenvalue weighted by atomic mass is 10.1. The molecule has 35 heavy (non-hydrogen) atoms. The zero-order valence-corrected chi connectivity index (χ0v) is 21.7. The fourth-order valence-electron chi connectivity index (χ4n) is 3.80. The van der Waals surface area contributed by atoms with Crippen LogP contribution in [0.15, 0.2) is 99.3 Å². The molecule has 0 saturated heterocycles. The van der Waals surface area contributed by atoms with Gasteiger partial charge in [-0.3, -0.25) is 14.2 Å². The number of hydrogen-bond acceptors (Lipinski definition) is 4. The largest absolute Gasteiger partial charge is 0.378 e. The number of hydrogen-bond donors (Lipinski definition) is 1. The Bertz CT molecular complexity index is 1620. The van der Waals surface area contributed by atoms with Gasteiger partial charge in [0.05, 0.1) is 0 Å². The van der Waals surface area contributed by atoms with Crippen molar-refractivity contribution in [2.75, 3.05) is 38.0 Å². The molecule has 0 aliphatic rings. The van der Waals surface area contributed by atoms with Gasteiger partial charge in [-0.2, -0.15) is 0 Å². The Morgan fingerprint density at radius 2 is 1.37 bits per heavy atom. The summed E-state index contributed by atoms with van der Waals surface area (Å²) in [4.78, 5) is 30.7. The first-order valence-electron chi connectivity index (χ1n) is 11.1. The molecule has 1 N–H and O–H groups in total. The number of aromatic amines is 1. The molecular formula is C28H27BrN4O2. The van der Waals surface area contributed by atoms with E-state index in [1.54, 1.807) is 10.8 Å². The number of fused-ring (bicyclic) bond motifs is 2. The van der Waals surface area contributed by atoms with E-state index in [1.165, 1.54) is 0 Å². The van der Waals surface area contributed by atoms with E-state index in [0.29, 0.717) is 0 Å². The first-order valence-corrected chi connectivity index (χ1v) is 11.9. The Labute approximate surface area is 212 Å². The van der Waals surface area contributed by atoms with E-state index in [4.69, 9.17) is 0 Å². The van der Waals surface area contributed by atoms with Crippen LogP contribution in [-0.2, 0) is 0 Å². The standard InChI is InChI=1S/C17H15BrN2O.C11H12N2O/c1-19(2)14-6-7-16-12(10-14)8-9-20(17(16)21)15-5-3-4-13(18)11-15;1-13(2)9-3-4-10-8(7-9)5-6-12-11(10)14/h3-11H,1-2H3;3-7H,1-2H3,(H,12,14). The average molecular weight is 531 g/mol. The second-order valence-corrected chi connectivity index (χ2v) is 9.53. The van der Waals surface area contributed by atoms with Gasteiger partial charge in [-0.1, -0.05) is 22.0 Å². The van der Waals surface area contributed by atoms with Gasteiger partial charge >= 0.3 is 0 Å². The van der Waals surface area contributed by atoms with Crippen LogP contribution in [0.4, 0.5) is 11.4 Å². The molecule has 0 spiro atoms. The first kappa shape index (κ1) is 24.3. The van der Waals surface area contributed by atoms with Crippen LogP contribution in [-0.4, -0.2) is 37.7 Å². The third-order valence-electron chi connectivity index (χ3n) is 5.76. The average Bonchev–Trinajstić information content (AvgIpc) is 2.84. The molecule has 6 nitrogen and oxygen atoms in total. The van der Waals surface area contributed by atoms with Gasteiger partial charge in [-0.25, -0.2) is 0 Å². The van der Waals surface area contributed by atoms with E-state index >= 15 is 0 Å². The van der Waals surface area contributed by atoms with Crippen molar-refractivity contribution in [2.24, 2.45) is 0 Å². The number of H-pyrrole nitrogens is 1. The normalized spacial score (nSPS) is 10.7. The summed E-state index contributed by atoms with van der Waals surface area (Å²) >= 11 is 3.44. The Kier molecular flexibility index (Phi) is 7.07. The van der Waals surface area contributed by atoms with Gasteiger partial charge in [0.25, 0.3) is 11.1 Å². The molecule has 7 heteroatoms. The number of halogens is 1. The molecule has 0 bridgehead atoms. The van der Waals surface area contributed by atoms with Crippen molar-refractivity contribution < 1.29 is 0 Å². The van der Waals surface area contributed by atoms with Crippen molar-refractivity contribution in [3.8, 4) is 5.69 Å². The van der Waals surface area contributed by atoms with Crippen LogP contribution in [0.5, 0.6) is 0 Å². The Morgan fingerprint density at radius 1 is 0.743 bits per heavy atom. The monoisotopic (exact) mass is 530 g/mol. The summed E-state index contributed by atoms with van der Waals surface area (Å²) in [5.41, 5.74) is 3.00. The Hall–Kier alpha value is -3.84. The Balaban J connectivity index is 0.000000179. The molecular weight excluding hydrogens is 504 g/mol. The van der Waals surface area contributed by atoms with Gasteiger partial charge in [0.15, 0.2) is 0 Å². The summed E-state index contributed by atoms with van der Waals surface area (Å²) in [5.74, 6) is 0. The molecule has 0 aliphatic carbocycles. The van der Waals surface area contributed by atoms with Gasteiger partial charge in [0.1, 0.15) is 0 Å². The highest BCUT2D eigenvalue weighted by Crippen LogP contribution is 2.20. The third kappa shape index (κ3) is 5.30. The highest BCUT2D eigenvalue weighted by atomic mass is 79.9. The van der Waals surface area contributed by atoms with Crippen LogP contribution < -0.4 is 20.9 Å². The van der Waals surface area contributed by atoms with Gasteiger partial charge in [0, 0.05) is 72.9 Å². The zero-order chi connectivity index (χ0) is 25.1. The molecule has 2 heterocycles. The number of anilines is 2. The van der Waals surface area contributed by atoms with Crippen molar-refractivity contribution in [3.63, 3.8) is 0 Å². The second kappa shape index (κ2) is 10.2. The van der Waals surface area contributed by atoms with E-state index in [0.717, 1.165) is 43.1 Å². The van der Waals surface area contributed by atoms with Crippen LogP contribution in [0.2, 0.25) is 0 Å². The van der Waals surface area contributed by atoms with Gasteiger partial charge in [0.2, 0.25) is 0 Å². The SMILES string of the molecule is CN(C)c1ccc2c(=O)[nH]ccc2c1.CN(C)c1ccc2c(=O)n(-c3cccc(Br)c3)ccc2c1. The molecule has 2 aromatic heterocycles. The van der Waals surface area contributed by atoms with Gasteiger partial charge < -0.3 is 14.8 Å². The fraction of sp³-hybridized carbons (Fsp3) is 0.143. The number of benzene rings is 3. The molecule has 5 aromatic rings. The summed E-state index contributed by atoms with van der Waals surface area (Å²) in [6.07, 6.45) is 3.50. The van der Waals surface area contributed by atoms with E-state index in [1.807, 2.05) is 117 Å². The Morgan fingerprint density at radius 3 is 2.00 bits per heavy atom. The number of nitrogens with one attached hydrogen (secondary N) is 1. The van der Waals surface area contributed by atoms with Gasteiger partial charge in [-0.05, 0) is 77.5 Å². The van der Waals surface area contributed by atoms with Crippen molar-refractivity contribution in [3.05, 3.63) is 110 Å². The van der Waals surface area contributed by atoms with E-state index < -0.39 is 0 Å². The summed E-state index contributed by atoms with van der Waals surface area (Å²) in [7, 11) is 7.94.